The molecule has 7 nitrogen and oxygen atoms in total. The molecule has 90 valence electrons. The molecule has 4 N–H and O–H groups in total. The molecule has 1 aromatic rings. The lowest BCUT2D eigenvalue weighted by molar-refractivity contribution is 0.208. The first-order valence-corrected chi connectivity index (χ1v) is 5.11. The van der Waals surface area contributed by atoms with Crippen molar-refractivity contribution in [2.24, 2.45) is 0 Å². The Balaban J connectivity index is 2.50. The number of aromatic nitrogens is 3. The lowest BCUT2D eigenvalue weighted by Gasteiger charge is -2.09. The van der Waals surface area contributed by atoms with Gasteiger partial charge >= 0.3 is 0 Å². The van der Waals surface area contributed by atoms with Gasteiger partial charge in [0.2, 0.25) is 11.9 Å². The van der Waals surface area contributed by atoms with Crippen molar-refractivity contribution in [3.8, 4) is 0 Å². The maximum absolute atomic E-state index is 9.08. The standard InChI is InChI=1S/C9H17N5O2/c1-6(15)3-10-8-12-5-13-9(14-8)11-4-7(2)16/h5-7,15-16H,3-4H2,1-2H3,(H2,10,11,12,13,14). The summed E-state index contributed by atoms with van der Waals surface area (Å²) in [6.07, 6.45) is 0.429. The summed E-state index contributed by atoms with van der Waals surface area (Å²) in [7, 11) is 0. The second kappa shape index (κ2) is 6.19. The van der Waals surface area contributed by atoms with E-state index in [1.807, 2.05) is 0 Å². The van der Waals surface area contributed by atoms with Gasteiger partial charge in [0.1, 0.15) is 6.33 Å². The van der Waals surface area contributed by atoms with E-state index in [4.69, 9.17) is 10.2 Å². The zero-order chi connectivity index (χ0) is 12.0. The van der Waals surface area contributed by atoms with Crippen molar-refractivity contribution in [3.05, 3.63) is 6.33 Å². The maximum Gasteiger partial charge on any atom is 0.227 e. The number of aliphatic hydroxyl groups is 2. The minimum atomic E-state index is -0.467. The zero-order valence-corrected chi connectivity index (χ0v) is 9.38. The molecule has 0 bridgehead atoms. The summed E-state index contributed by atoms with van der Waals surface area (Å²) in [5, 5.41) is 23.9. The molecule has 0 aliphatic carbocycles. The van der Waals surface area contributed by atoms with Gasteiger partial charge in [-0.25, -0.2) is 9.97 Å². The molecule has 0 amide bonds. The predicted octanol–water partition coefficient (Wildman–Crippen LogP) is -0.543. The van der Waals surface area contributed by atoms with Crippen LogP contribution >= 0.6 is 0 Å². The van der Waals surface area contributed by atoms with Crippen molar-refractivity contribution in [2.75, 3.05) is 23.7 Å². The van der Waals surface area contributed by atoms with E-state index in [-0.39, 0.29) is 0 Å². The Labute approximate surface area is 94.0 Å². The van der Waals surface area contributed by atoms with Crippen LogP contribution in [-0.4, -0.2) is 50.5 Å². The number of hydrogen-bond acceptors (Lipinski definition) is 7. The lowest BCUT2D eigenvalue weighted by Crippen LogP contribution is -2.19. The van der Waals surface area contributed by atoms with E-state index < -0.39 is 12.2 Å². The number of hydrogen-bond donors (Lipinski definition) is 4. The van der Waals surface area contributed by atoms with Gasteiger partial charge in [0.05, 0.1) is 12.2 Å². The van der Waals surface area contributed by atoms with Gasteiger partial charge in [0.25, 0.3) is 0 Å². The van der Waals surface area contributed by atoms with Gasteiger partial charge in [0.15, 0.2) is 0 Å². The quantitative estimate of drug-likeness (QED) is 0.517. The van der Waals surface area contributed by atoms with Gasteiger partial charge in [-0.05, 0) is 13.8 Å². The van der Waals surface area contributed by atoms with E-state index in [1.165, 1.54) is 6.33 Å². The van der Waals surface area contributed by atoms with Crippen LogP contribution in [0.15, 0.2) is 6.33 Å². The van der Waals surface area contributed by atoms with Crippen LogP contribution in [-0.2, 0) is 0 Å². The molecule has 1 heterocycles. The molecule has 0 spiro atoms. The van der Waals surface area contributed by atoms with Crippen LogP contribution < -0.4 is 10.6 Å². The number of nitrogens with one attached hydrogen (secondary N) is 2. The molecule has 7 heteroatoms. The van der Waals surface area contributed by atoms with Crippen LogP contribution in [0.1, 0.15) is 13.8 Å². The summed E-state index contributed by atoms with van der Waals surface area (Å²) in [5.74, 6) is 0.785. The van der Waals surface area contributed by atoms with E-state index in [1.54, 1.807) is 13.8 Å². The predicted molar refractivity (Wildman–Crippen MR) is 60.2 cm³/mol. The van der Waals surface area contributed by atoms with Gasteiger partial charge in [-0.2, -0.15) is 4.98 Å². The third kappa shape index (κ3) is 4.85. The molecule has 0 saturated heterocycles. The van der Waals surface area contributed by atoms with Crippen LogP contribution in [0, 0.1) is 0 Å². The Morgan fingerprint density at radius 3 is 1.88 bits per heavy atom. The highest BCUT2D eigenvalue weighted by atomic mass is 16.3. The van der Waals surface area contributed by atoms with Crippen molar-refractivity contribution in [3.63, 3.8) is 0 Å². The van der Waals surface area contributed by atoms with Gasteiger partial charge in [0, 0.05) is 13.1 Å². The van der Waals surface area contributed by atoms with E-state index in [0.29, 0.717) is 25.0 Å². The van der Waals surface area contributed by atoms with E-state index in [0.717, 1.165) is 0 Å². The van der Waals surface area contributed by atoms with Crippen LogP contribution in [0.25, 0.3) is 0 Å². The minimum Gasteiger partial charge on any atom is -0.392 e. The van der Waals surface area contributed by atoms with Gasteiger partial charge < -0.3 is 20.8 Å². The number of rotatable bonds is 6. The highest BCUT2D eigenvalue weighted by molar-refractivity contribution is 5.32. The number of nitrogens with zero attached hydrogens (tertiary/aromatic N) is 3. The largest absolute Gasteiger partial charge is 0.392 e. The third-order valence-electron chi connectivity index (χ3n) is 1.68. The molecular weight excluding hydrogens is 210 g/mol. The molecule has 0 aromatic carbocycles. The summed E-state index contributed by atoms with van der Waals surface area (Å²) in [6, 6.07) is 0. The van der Waals surface area contributed by atoms with Gasteiger partial charge in [-0.1, -0.05) is 0 Å². The average Bonchev–Trinajstić information content (AvgIpc) is 2.24. The average molecular weight is 227 g/mol. The van der Waals surface area contributed by atoms with Crippen molar-refractivity contribution in [2.45, 2.75) is 26.1 Å². The molecule has 2 unspecified atom stereocenters. The van der Waals surface area contributed by atoms with Crippen LogP contribution in [0.4, 0.5) is 11.9 Å². The zero-order valence-electron chi connectivity index (χ0n) is 9.38. The first-order valence-electron chi connectivity index (χ1n) is 5.11. The van der Waals surface area contributed by atoms with E-state index in [9.17, 15) is 0 Å². The Morgan fingerprint density at radius 2 is 1.50 bits per heavy atom. The summed E-state index contributed by atoms with van der Waals surface area (Å²) in [4.78, 5) is 11.8. The van der Waals surface area contributed by atoms with Crippen molar-refractivity contribution in [1.82, 2.24) is 15.0 Å². The molecule has 0 aliphatic rings. The maximum atomic E-state index is 9.08. The highest BCUT2D eigenvalue weighted by Gasteiger charge is 2.02. The van der Waals surface area contributed by atoms with Crippen molar-refractivity contribution in [1.29, 1.82) is 0 Å². The molecule has 0 saturated carbocycles. The Hall–Kier alpha value is -1.47. The summed E-state index contributed by atoms with van der Waals surface area (Å²) in [6.45, 7) is 4.08. The normalized spacial score (nSPS) is 14.2. The second-order valence-corrected chi connectivity index (χ2v) is 3.59. The fourth-order valence-electron chi connectivity index (χ4n) is 0.945. The van der Waals surface area contributed by atoms with Crippen LogP contribution in [0.5, 0.6) is 0 Å². The lowest BCUT2D eigenvalue weighted by atomic mass is 10.4. The molecule has 0 radical (unpaired) electrons. The van der Waals surface area contributed by atoms with Crippen molar-refractivity contribution < 1.29 is 10.2 Å². The fraction of sp³-hybridized carbons (Fsp3) is 0.667. The monoisotopic (exact) mass is 227 g/mol. The molecule has 1 aromatic heterocycles. The molecule has 0 fully saturated rings. The first kappa shape index (κ1) is 12.6. The Morgan fingerprint density at radius 1 is 1.06 bits per heavy atom. The highest BCUT2D eigenvalue weighted by Crippen LogP contribution is 2.01. The molecule has 16 heavy (non-hydrogen) atoms. The molecule has 0 aliphatic heterocycles. The SMILES string of the molecule is CC(O)CNc1ncnc(NCC(C)O)n1. The Bertz CT molecular complexity index is 291. The summed E-state index contributed by atoms with van der Waals surface area (Å²) >= 11 is 0. The van der Waals surface area contributed by atoms with E-state index >= 15 is 0 Å². The van der Waals surface area contributed by atoms with Crippen molar-refractivity contribution >= 4 is 11.9 Å². The summed E-state index contributed by atoms with van der Waals surface area (Å²) in [5.41, 5.74) is 0. The second-order valence-electron chi connectivity index (χ2n) is 3.59. The van der Waals surface area contributed by atoms with Gasteiger partial charge in [-0.15, -0.1) is 0 Å². The number of anilines is 2. The third-order valence-corrected chi connectivity index (χ3v) is 1.68. The summed E-state index contributed by atoms with van der Waals surface area (Å²) < 4.78 is 0. The Kier molecular flexibility index (Phi) is 4.87. The smallest absolute Gasteiger partial charge is 0.227 e. The van der Waals surface area contributed by atoms with E-state index in [2.05, 4.69) is 25.6 Å². The van der Waals surface area contributed by atoms with Gasteiger partial charge in [-0.3, -0.25) is 0 Å². The molecule has 1 rings (SSSR count). The first-order chi connectivity index (χ1) is 7.58. The van der Waals surface area contributed by atoms with Crippen LogP contribution in [0.3, 0.4) is 0 Å². The topological polar surface area (TPSA) is 103 Å². The fourth-order valence-corrected chi connectivity index (χ4v) is 0.945. The minimum absolute atomic E-state index is 0.375. The van der Waals surface area contributed by atoms with Crippen LogP contribution in [0.2, 0.25) is 0 Å². The molecule has 2 atom stereocenters. The molecular formula is C9H17N5O2. The number of aliphatic hydroxyl groups excluding tert-OH is 2.